The molecule has 2 N–H and O–H groups in total. The molecule has 35 heavy (non-hydrogen) atoms. The van der Waals surface area contributed by atoms with Gasteiger partial charge in [0.15, 0.2) is 0 Å². The molecular formula is C27H32N2O6. The van der Waals surface area contributed by atoms with Crippen molar-refractivity contribution in [2.24, 2.45) is 0 Å². The van der Waals surface area contributed by atoms with Crippen LogP contribution in [0.25, 0.3) is 11.1 Å². The van der Waals surface area contributed by atoms with Crippen molar-refractivity contribution in [3.05, 3.63) is 59.7 Å². The summed E-state index contributed by atoms with van der Waals surface area (Å²) in [4.78, 5) is 38.8. The first-order valence-electron chi connectivity index (χ1n) is 12.2. The van der Waals surface area contributed by atoms with Gasteiger partial charge in [0, 0.05) is 32.0 Å². The Bertz CT molecular complexity index is 1020. The monoisotopic (exact) mass is 480 g/mol. The lowest BCUT2D eigenvalue weighted by molar-refractivity contribution is -0.138. The molecule has 0 spiro atoms. The van der Waals surface area contributed by atoms with E-state index >= 15 is 0 Å². The Hall–Kier alpha value is -3.39. The summed E-state index contributed by atoms with van der Waals surface area (Å²) in [6, 6.07) is 15.1. The quantitative estimate of drug-likeness (QED) is 0.536. The van der Waals surface area contributed by atoms with Crippen LogP contribution < -0.4 is 5.32 Å². The van der Waals surface area contributed by atoms with Gasteiger partial charge in [0.1, 0.15) is 12.6 Å². The third-order valence-corrected chi connectivity index (χ3v) is 6.72. The van der Waals surface area contributed by atoms with Crippen LogP contribution in [0.1, 0.15) is 49.7 Å². The molecule has 2 amide bonds. The Balaban J connectivity index is 1.41. The van der Waals surface area contributed by atoms with Crippen LogP contribution in [0.4, 0.5) is 4.79 Å². The van der Waals surface area contributed by atoms with Crippen molar-refractivity contribution in [1.82, 2.24) is 10.2 Å². The molecule has 8 heteroatoms. The second kappa shape index (κ2) is 11.4. The molecule has 0 saturated carbocycles. The van der Waals surface area contributed by atoms with Gasteiger partial charge < -0.3 is 24.8 Å². The maximum absolute atomic E-state index is 13.2. The average Bonchev–Trinajstić information content (AvgIpc) is 3.49. The summed E-state index contributed by atoms with van der Waals surface area (Å²) < 4.78 is 11.2. The SMILES string of the molecule is CCN(CC1CCCO1)C(=O)C(CCC(=O)O)NC(=O)OCC1c2ccccc2-c2ccccc21. The average molecular weight is 481 g/mol. The Morgan fingerprint density at radius 2 is 1.77 bits per heavy atom. The fraction of sp³-hybridized carbons (Fsp3) is 0.444. The second-order valence-electron chi connectivity index (χ2n) is 8.97. The van der Waals surface area contributed by atoms with Gasteiger partial charge in [-0.25, -0.2) is 4.79 Å². The minimum Gasteiger partial charge on any atom is -0.481 e. The van der Waals surface area contributed by atoms with Crippen LogP contribution in [0.3, 0.4) is 0 Å². The van der Waals surface area contributed by atoms with Crippen LogP contribution in [0, 0.1) is 0 Å². The van der Waals surface area contributed by atoms with E-state index in [4.69, 9.17) is 14.6 Å². The fourth-order valence-corrected chi connectivity index (χ4v) is 4.94. The van der Waals surface area contributed by atoms with Gasteiger partial charge in [0.05, 0.1) is 6.10 Å². The fourth-order valence-electron chi connectivity index (χ4n) is 4.94. The molecule has 4 rings (SSSR count). The number of carbonyl (C=O) groups excluding carboxylic acids is 2. The van der Waals surface area contributed by atoms with Gasteiger partial charge in [-0.05, 0) is 48.4 Å². The van der Waals surface area contributed by atoms with E-state index in [0.29, 0.717) is 19.7 Å². The number of hydrogen-bond acceptors (Lipinski definition) is 5. The first-order valence-corrected chi connectivity index (χ1v) is 12.2. The number of nitrogens with one attached hydrogen (secondary N) is 1. The number of alkyl carbamates (subject to hydrolysis) is 1. The number of aliphatic carboxylic acids is 1. The zero-order chi connectivity index (χ0) is 24.8. The number of likely N-dealkylation sites (N-methyl/N-ethyl adjacent to an activating group) is 1. The van der Waals surface area contributed by atoms with Crippen LogP contribution in [-0.4, -0.2) is 66.4 Å². The van der Waals surface area contributed by atoms with E-state index in [0.717, 1.165) is 35.1 Å². The second-order valence-corrected chi connectivity index (χ2v) is 8.97. The Morgan fingerprint density at radius 3 is 2.34 bits per heavy atom. The number of amides is 2. The highest BCUT2D eigenvalue weighted by atomic mass is 16.5. The van der Waals surface area contributed by atoms with Crippen LogP contribution >= 0.6 is 0 Å². The zero-order valence-electron chi connectivity index (χ0n) is 19.9. The Morgan fingerprint density at radius 1 is 1.11 bits per heavy atom. The molecule has 186 valence electrons. The number of hydrogen-bond donors (Lipinski definition) is 2. The molecule has 2 unspecified atom stereocenters. The van der Waals surface area contributed by atoms with Gasteiger partial charge in [0.25, 0.3) is 0 Å². The summed E-state index contributed by atoms with van der Waals surface area (Å²) in [6.45, 7) is 3.51. The molecule has 2 aromatic carbocycles. The first kappa shape index (κ1) is 24.7. The third-order valence-electron chi connectivity index (χ3n) is 6.72. The molecule has 0 aromatic heterocycles. The molecule has 0 radical (unpaired) electrons. The highest BCUT2D eigenvalue weighted by molar-refractivity contribution is 5.86. The standard InChI is InChI=1S/C27H32N2O6/c1-2-29(16-18-8-7-15-34-18)26(32)24(13-14-25(30)31)28-27(33)35-17-23-21-11-5-3-9-19(21)20-10-4-6-12-22(20)23/h3-6,9-12,18,23-24H,2,7-8,13-17H2,1H3,(H,28,33)(H,30,31). The predicted octanol–water partition coefficient (Wildman–Crippen LogP) is 3.79. The van der Waals surface area contributed by atoms with Gasteiger partial charge in [0.2, 0.25) is 5.91 Å². The molecule has 8 nitrogen and oxygen atoms in total. The smallest absolute Gasteiger partial charge is 0.407 e. The van der Waals surface area contributed by atoms with Crippen molar-refractivity contribution in [3.8, 4) is 11.1 Å². The minimum atomic E-state index is -1.03. The Kier molecular flexibility index (Phi) is 8.02. The van der Waals surface area contributed by atoms with E-state index in [2.05, 4.69) is 17.4 Å². The van der Waals surface area contributed by atoms with Gasteiger partial charge in [-0.3, -0.25) is 9.59 Å². The maximum atomic E-state index is 13.2. The highest BCUT2D eigenvalue weighted by Crippen LogP contribution is 2.44. The number of carboxylic acid groups (broad SMARTS) is 1. The first-order chi connectivity index (χ1) is 17.0. The summed E-state index contributed by atoms with van der Waals surface area (Å²) in [5.74, 6) is -1.45. The number of benzene rings is 2. The molecule has 1 heterocycles. The van der Waals surface area contributed by atoms with Crippen LogP contribution in [0.5, 0.6) is 0 Å². The van der Waals surface area contributed by atoms with E-state index in [9.17, 15) is 14.4 Å². The Labute approximate surface area is 205 Å². The summed E-state index contributed by atoms with van der Waals surface area (Å²) in [5.41, 5.74) is 4.43. The topological polar surface area (TPSA) is 105 Å². The predicted molar refractivity (Wildman–Crippen MR) is 130 cm³/mol. The number of nitrogens with zero attached hydrogens (tertiary/aromatic N) is 1. The van der Waals surface area contributed by atoms with Crippen LogP contribution in [0.2, 0.25) is 0 Å². The number of fused-ring (bicyclic) bond motifs is 3. The molecule has 2 atom stereocenters. The van der Waals surface area contributed by atoms with E-state index < -0.39 is 18.1 Å². The minimum absolute atomic E-state index is 0.0135. The molecular weight excluding hydrogens is 448 g/mol. The maximum Gasteiger partial charge on any atom is 0.407 e. The van der Waals surface area contributed by atoms with Gasteiger partial charge >= 0.3 is 12.1 Å². The van der Waals surface area contributed by atoms with Crippen LogP contribution in [0.15, 0.2) is 48.5 Å². The molecule has 2 aromatic rings. The van der Waals surface area contributed by atoms with Crippen molar-refractivity contribution in [2.45, 2.75) is 50.7 Å². The molecule has 1 saturated heterocycles. The van der Waals surface area contributed by atoms with Gasteiger partial charge in [-0.15, -0.1) is 0 Å². The van der Waals surface area contributed by atoms with Crippen LogP contribution in [-0.2, 0) is 19.1 Å². The largest absolute Gasteiger partial charge is 0.481 e. The molecule has 0 bridgehead atoms. The summed E-state index contributed by atoms with van der Waals surface area (Å²) in [7, 11) is 0. The van der Waals surface area contributed by atoms with E-state index in [1.165, 1.54) is 0 Å². The lowest BCUT2D eigenvalue weighted by Crippen LogP contribution is -2.50. The van der Waals surface area contributed by atoms with Crippen molar-refractivity contribution in [1.29, 1.82) is 0 Å². The lowest BCUT2D eigenvalue weighted by atomic mass is 9.98. The lowest BCUT2D eigenvalue weighted by Gasteiger charge is -2.28. The van der Waals surface area contributed by atoms with E-state index in [1.807, 2.05) is 43.3 Å². The number of carbonyl (C=O) groups is 3. The summed E-state index contributed by atoms with van der Waals surface area (Å²) in [6.07, 6.45) is 0.815. The number of rotatable bonds is 10. The van der Waals surface area contributed by atoms with Gasteiger partial charge in [-0.1, -0.05) is 48.5 Å². The summed E-state index contributed by atoms with van der Waals surface area (Å²) in [5, 5.41) is 11.8. The molecule has 1 fully saturated rings. The number of ether oxygens (including phenoxy) is 2. The van der Waals surface area contributed by atoms with Crippen molar-refractivity contribution < 1.29 is 29.0 Å². The summed E-state index contributed by atoms with van der Waals surface area (Å²) >= 11 is 0. The van der Waals surface area contributed by atoms with Gasteiger partial charge in [-0.2, -0.15) is 0 Å². The van der Waals surface area contributed by atoms with Crippen molar-refractivity contribution >= 4 is 18.0 Å². The normalized spacial score (nSPS) is 17.3. The number of carboxylic acids is 1. The third kappa shape index (κ3) is 5.82. The highest BCUT2D eigenvalue weighted by Gasteiger charge is 2.31. The van der Waals surface area contributed by atoms with E-state index in [1.54, 1.807) is 4.90 Å². The van der Waals surface area contributed by atoms with Crippen molar-refractivity contribution in [2.75, 3.05) is 26.3 Å². The molecule has 1 aliphatic carbocycles. The molecule has 2 aliphatic rings. The molecule has 1 aliphatic heterocycles. The zero-order valence-corrected chi connectivity index (χ0v) is 19.9. The van der Waals surface area contributed by atoms with Crippen molar-refractivity contribution in [3.63, 3.8) is 0 Å². The van der Waals surface area contributed by atoms with E-state index in [-0.39, 0.29) is 37.4 Å².